The van der Waals surface area contributed by atoms with E-state index in [-0.39, 0.29) is 42.4 Å². The number of esters is 1. The number of hydrogen-bond acceptors (Lipinski definition) is 6. The van der Waals surface area contributed by atoms with Gasteiger partial charge in [-0.15, -0.1) is 35.3 Å². The molecule has 148 valence electrons. The van der Waals surface area contributed by atoms with E-state index in [1.165, 1.54) is 18.4 Å². The molecule has 1 aliphatic heterocycles. The van der Waals surface area contributed by atoms with Crippen LogP contribution in [0.1, 0.15) is 12.8 Å². The molecule has 2 heterocycles. The standard InChI is InChI=1S/C15H24N4O4S2.HI/c1-16-15(19-9-5-12(6-10-19)14(20)23-2)17-7-8-18-25(21,22)13-4-3-11-24-13;/h3-4,11-12,18H,5-10H2,1-2H3,(H,16,17);1H. The van der Waals surface area contributed by atoms with Gasteiger partial charge in [0, 0.05) is 33.2 Å². The number of aliphatic imine (C=N–C) groups is 1. The summed E-state index contributed by atoms with van der Waals surface area (Å²) in [5, 5.41) is 4.88. The maximum atomic E-state index is 12.0. The van der Waals surface area contributed by atoms with Crippen LogP contribution in [-0.4, -0.2) is 65.6 Å². The molecule has 0 aliphatic carbocycles. The number of ether oxygens (including phenoxy) is 1. The molecule has 0 bridgehead atoms. The number of rotatable bonds is 6. The molecule has 1 fully saturated rings. The lowest BCUT2D eigenvalue weighted by Crippen LogP contribution is -2.48. The minimum Gasteiger partial charge on any atom is -0.469 e. The van der Waals surface area contributed by atoms with Crippen molar-refractivity contribution in [3.05, 3.63) is 17.5 Å². The number of guanidine groups is 1. The number of carbonyl (C=O) groups excluding carboxylic acids is 1. The number of methoxy groups -OCH3 is 1. The average Bonchev–Trinajstić information content (AvgIpc) is 3.17. The van der Waals surface area contributed by atoms with Crippen molar-refractivity contribution < 1.29 is 17.9 Å². The monoisotopic (exact) mass is 516 g/mol. The Bertz CT molecular complexity index is 687. The third-order valence-electron chi connectivity index (χ3n) is 4.00. The first-order valence-corrected chi connectivity index (χ1v) is 10.4. The highest BCUT2D eigenvalue weighted by atomic mass is 127. The van der Waals surface area contributed by atoms with Crippen molar-refractivity contribution in [2.24, 2.45) is 10.9 Å². The van der Waals surface area contributed by atoms with Gasteiger partial charge in [-0.25, -0.2) is 13.1 Å². The summed E-state index contributed by atoms with van der Waals surface area (Å²) in [6, 6.07) is 3.28. The molecule has 1 aromatic rings. The molecule has 0 spiro atoms. The Hall–Kier alpha value is -0.920. The van der Waals surface area contributed by atoms with Gasteiger partial charge in [-0.1, -0.05) is 6.07 Å². The second kappa shape index (κ2) is 11.0. The van der Waals surface area contributed by atoms with E-state index in [0.29, 0.717) is 29.8 Å². The molecule has 0 unspecified atom stereocenters. The van der Waals surface area contributed by atoms with Crippen LogP contribution in [0.2, 0.25) is 0 Å². The molecule has 1 aromatic heterocycles. The zero-order chi connectivity index (χ0) is 18.3. The van der Waals surface area contributed by atoms with Gasteiger partial charge in [0.15, 0.2) is 5.96 Å². The van der Waals surface area contributed by atoms with Crippen LogP contribution < -0.4 is 10.0 Å². The van der Waals surface area contributed by atoms with E-state index in [0.717, 1.165) is 12.8 Å². The average molecular weight is 516 g/mol. The number of piperidine rings is 1. The van der Waals surface area contributed by atoms with E-state index < -0.39 is 10.0 Å². The Morgan fingerprint density at radius 1 is 1.38 bits per heavy atom. The number of halogens is 1. The molecular weight excluding hydrogens is 491 g/mol. The summed E-state index contributed by atoms with van der Waals surface area (Å²) in [5.74, 6) is 0.487. The Morgan fingerprint density at radius 2 is 2.08 bits per heavy atom. The Labute approximate surface area is 175 Å². The van der Waals surface area contributed by atoms with Crippen molar-refractivity contribution in [3.63, 3.8) is 0 Å². The van der Waals surface area contributed by atoms with E-state index in [2.05, 4.69) is 19.9 Å². The summed E-state index contributed by atoms with van der Waals surface area (Å²) in [7, 11) is -0.348. The largest absolute Gasteiger partial charge is 0.469 e. The molecule has 0 atom stereocenters. The molecule has 11 heteroatoms. The molecule has 2 N–H and O–H groups in total. The molecule has 1 aliphatic rings. The number of thiophene rings is 1. The van der Waals surface area contributed by atoms with E-state index in [1.54, 1.807) is 24.6 Å². The van der Waals surface area contributed by atoms with Gasteiger partial charge in [0.1, 0.15) is 4.21 Å². The maximum Gasteiger partial charge on any atom is 0.308 e. The Balaban J connectivity index is 0.00000338. The lowest BCUT2D eigenvalue weighted by atomic mass is 9.97. The predicted molar refractivity (Wildman–Crippen MR) is 113 cm³/mol. The van der Waals surface area contributed by atoms with E-state index >= 15 is 0 Å². The zero-order valence-electron chi connectivity index (χ0n) is 14.8. The number of nitrogens with one attached hydrogen (secondary N) is 2. The molecule has 0 radical (unpaired) electrons. The molecule has 8 nitrogen and oxygen atoms in total. The summed E-state index contributed by atoms with van der Waals surface area (Å²) < 4.78 is 31.7. The van der Waals surface area contributed by atoms with Gasteiger partial charge in [-0.3, -0.25) is 9.79 Å². The van der Waals surface area contributed by atoms with Gasteiger partial charge < -0.3 is 15.0 Å². The van der Waals surface area contributed by atoms with Crippen molar-refractivity contribution in [3.8, 4) is 0 Å². The van der Waals surface area contributed by atoms with Gasteiger partial charge in [-0.2, -0.15) is 0 Å². The van der Waals surface area contributed by atoms with Crippen LogP contribution in [0.15, 0.2) is 26.7 Å². The van der Waals surface area contributed by atoms with Gasteiger partial charge in [-0.05, 0) is 24.3 Å². The minimum atomic E-state index is -3.44. The SMILES string of the molecule is CN=C(NCCNS(=O)(=O)c1cccs1)N1CCC(C(=O)OC)CC1.I. The van der Waals surface area contributed by atoms with Crippen molar-refractivity contribution in [1.29, 1.82) is 0 Å². The van der Waals surface area contributed by atoms with Gasteiger partial charge in [0.2, 0.25) is 10.0 Å². The van der Waals surface area contributed by atoms with Gasteiger partial charge in [0.05, 0.1) is 13.0 Å². The van der Waals surface area contributed by atoms with Crippen LogP contribution in [0.3, 0.4) is 0 Å². The lowest BCUT2D eigenvalue weighted by Gasteiger charge is -2.33. The molecular formula is C15H25IN4O4S2. The molecule has 2 rings (SSSR count). The molecule has 0 saturated carbocycles. The first-order chi connectivity index (χ1) is 12.0. The summed E-state index contributed by atoms with van der Waals surface area (Å²) in [6.45, 7) is 2.10. The van der Waals surface area contributed by atoms with Crippen molar-refractivity contribution in [2.75, 3.05) is 40.3 Å². The second-order valence-electron chi connectivity index (χ2n) is 5.59. The number of hydrogen-bond donors (Lipinski definition) is 2. The van der Waals surface area contributed by atoms with E-state index in [1.807, 2.05) is 0 Å². The first-order valence-electron chi connectivity index (χ1n) is 8.04. The quantitative estimate of drug-likeness (QED) is 0.193. The molecule has 26 heavy (non-hydrogen) atoms. The van der Waals surface area contributed by atoms with Gasteiger partial charge in [0.25, 0.3) is 0 Å². The number of likely N-dealkylation sites (tertiary alicyclic amines) is 1. The highest BCUT2D eigenvalue weighted by Gasteiger charge is 2.26. The van der Waals surface area contributed by atoms with Crippen molar-refractivity contribution in [2.45, 2.75) is 17.1 Å². The maximum absolute atomic E-state index is 12.0. The zero-order valence-corrected chi connectivity index (χ0v) is 18.8. The van der Waals surface area contributed by atoms with Crippen LogP contribution in [0.25, 0.3) is 0 Å². The molecule has 0 aromatic carbocycles. The van der Waals surface area contributed by atoms with E-state index in [9.17, 15) is 13.2 Å². The van der Waals surface area contributed by atoms with Crippen molar-refractivity contribution in [1.82, 2.24) is 14.9 Å². The van der Waals surface area contributed by atoms with Crippen LogP contribution in [-0.2, 0) is 19.6 Å². The third kappa shape index (κ3) is 6.35. The topological polar surface area (TPSA) is 100 Å². The van der Waals surface area contributed by atoms with E-state index in [4.69, 9.17) is 4.74 Å². The Kier molecular flexibility index (Phi) is 9.82. The van der Waals surface area contributed by atoms with Crippen molar-refractivity contribution >= 4 is 57.3 Å². The predicted octanol–water partition coefficient (Wildman–Crippen LogP) is 1.10. The fourth-order valence-corrected chi connectivity index (χ4v) is 4.74. The van der Waals surface area contributed by atoms with Crippen LogP contribution in [0.5, 0.6) is 0 Å². The fraction of sp³-hybridized carbons (Fsp3) is 0.600. The summed E-state index contributed by atoms with van der Waals surface area (Å²) >= 11 is 1.19. The fourth-order valence-electron chi connectivity index (χ4n) is 2.67. The normalized spacial score (nSPS) is 16.1. The summed E-state index contributed by atoms with van der Waals surface area (Å²) in [5.41, 5.74) is 0. The van der Waals surface area contributed by atoms with Crippen LogP contribution in [0.4, 0.5) is 0 Å². The minimum absolute atomic E-state index is 0. The highest BCUT2D eigenvalue weighted by molar-refractivity contribution is 14.0. The number of nitrogens with zero attached hydrogens (tertiary/aromatic N) is 2. The third-order valence-corrected chi connectivity index (χ3v) is 6.86. The van der Waals surface area contributed by atoms with Crippen LogP contribution >= 0.6 is 35.3 Å². The highest BCUT2D eigenvalue weighted by Crippen LogP contribution is 2.18. The number of carbonyl (C=O) groups is 1. The molecule has 0 amide bonds. The van der Waals surface area contributed by atoms with Crippen LogP contribution in [0, 0.1) is 5.92 Å². The lowest BCUT2D eigenvalue weighted by molar-refractivity contribution is -0.146. The second-order valence-corrected chi connectivity index (χ2v) is 8.53. The van der Waals surface area contributed by atoms with Gasteiger partial charge >= 0.3 is 5.97 Å². The Morgan fingerprint density at radius 3 is 2.62 bits per heavy atom. The smallest absolute Gasteiger partial charge is 0.308 e. The number of sulfonamides is 1. The molecule has 1 saturated heterocycles. The summed E-state index contributed by atoms with van der Waals surface area (Å²) in [4.78, 5) is 17.9. The first kappa shape index (κ1) is 23.1. The summed E-state index contributed by atoms with van der Waals surface area (Å²) in [6.07, 6.45) is 1.44.